The Bertz CT molecular complexity index is 473. The molecule has 1 amide bonds. The molecule has 6 heteroatoms. The maximum atomic E-state index is 11.9. The van der Waals surface area contributed by atoms with E-state index in [2.05, 4.69) is 5.32 Å². The average Bonchev–Trinajstić information content (AvgIpc) is 2.40. The Balaban J connectivity index is 2.36. The lowest BCUT2D eigenvalue weighted by Crippen LogP contribution is -2.45. The minimum Gasteiger partial charge on any atom is -0.508 e. The Morgan fingerprint density at radius 1 is 1.29 bits per heavy atom. The molecule has 116 valence electrons. The van der Waals surface area contributed by atoms with E-state index >= 15 is 0 Å². The van der Waals surface area contributed by atoms with Crippen molar-refractivity contribution in [2.75, 3.05) is 0 Å². The maximum Gasteiger partial charge on any atom is 0.303 e. The van der Waals surface area contributed by atoms with Crippen LogP contribution in [0.25, 0.3) is 0 Å². The highest BCUT2D eigenvalue weighted by atomic mass is 16.4. The summed E-state index contributed by atoms with van der Waals surface area (Å²) < 4.78 is 0. The summed E-state index contributed by atoms with van der Waals surface area (Å²) in [6.07, 6.45) is 1.60. The number of hydrogen-bond acceptors (Lipinski definition) is 4. The van der Waals surface area contributed by atoms with Crippen molar-refractivity contribution >= 4 is 11.9 Å². The molecule has 0 fully saturated rings. The van der Waals surface area contributed by atoms with Gasteiger partial charge < -0.3 is 21.3 Å². The number of phenolic OH excluding ortho intramolecular Hbond substituents is 1. The van der Waals surface area contributed by atoms with Crippen LogP contribution in [0.15, 0.2) is 24.3 Å². The zero-order chi connectivity index (χ0) is 15.8. The van der Waals surface area contributed by atoms with E-state index in [4.69, 9.17) is 10.8 Å². The number of phenols is 1. The fourth-order valence-electron chi connectivity index (χ4n) is 1.96. The third-order valence-corrected chi connectivity index (χ3v) is 3.15. The molecule has 0 bridgehead atoms. The molecule has 21 heavy (non-hydrogen) atoms. The molecule has 1 aromatic rings. The van der Waals surface area contributed by atoms with Gasteiger partial charge in [-0.1, -0.05) is 12.1 Å². The molecule has 0 aliphatic rings. The van der Waals surface area contributed by atoms with Crippen LogP contribution in [-0.4, -0.2) is 34.2 Å². The van der Waals surface area contributed by atoms with E-state index < -0.39 is 12.0 Å². The van der Waals surface area contributed by atoms with Crippen LogP contribution in [-0.2, 0) is 16.0 Å². The highest BCUT2D eigenvalue weighted by Gasteiger charge is 2.16. The van der Waals surface area contributed by atoms with Gasteiger partial charge in [-0.15, -0.1) is 0 Å². The number of hydrogen-bond donors (Lipinski definition) is 4. The number of nitrogens with one attached hydrogen (secondary N) is 1. The van der Waals surface area contributed by atoms with Gasteiger partial charge in [0.15, 0.2) is 0 Å². The number of amides is 1. The summed E-state index contributed by atoms with van der Waals surface area (Å²) in [4.78, 5) is 22.3. The molecule has 0 spiro atoms. The molecule has 0 aromatic heterocycles. The van der Waals surface area contributed by atoms with Gasteiger partial charge in [-0.3, -0.25) is 9.59 Å². The average molecular weight is 294 g/mol. The number of carbonyl (C=O) groups is 2. The minimum atomic E-state index is -0.836. The fourth-order valence-corrected chi connectivity index (χ4v) is 1.96. The van der Waals surface area contributed by atoms with Crippen molar-refractivity contribution in [3.8, 4) is 5.75 Å². The van der Waals surface area contributed by atoms with E-state index in [9.17, 15) is 14.7 Å². The molecule has 1 rings (SSSR count). The second-order valence-corrected chi connectivity index (χ2v) is 5.17. The van der Waals surface area contributed by atoms with Gasteiger partial charge in [-0.05, 0) is 43.9 Å². The number of carboxylic acid groups (broad SMARTS) is 1. The summed E-state index contributed by atoms with van der Waals surface area (Å²) in [5.74, 6) is -0.924. The second kappa shape index (κ2) is 8.26. The summed E-state index contributed by atoms with van der Waals surface area (Å²) in [6.45, 7) is 1.83. The molecular weight excluding hydrogens is 272 g/mol. The maximum absolute atomic E-state index is 11.9. The Labute approximate surface area is 124 Å². The van der Waals surface area contributed by atoms with Crippen molar-refractivity contribution in [1.29, 1.82) is 0 Å². The number of aliphatic carboxylic acids is 1. The highest BCUT2D eigenvalue weighted by molar-refractivity contribution is 5.82. The van der Waals surface area contributed by atoms with Crippen molar-refractivity contribution < 1.29 is 19.8 Å². The van der Waals surface area contributed by atoms with E-state index in [0.717, 1.165) is 5.56 Å². The molecule has 5 N–H and O–H groups in total. The molecule has 0 saturated carbocycles. The highest BCUT2D eigenvalue weighted by Crippen LogP contribution is 2.11. The van der Waals surface area contributed by atoms with Crippen LogP contribution in [0.2, 0.25) is 0 Å². The predicted octanol–water partition coefficient (Wildman–Crippen LogP) is 1.02. The first-order chi connectivity index (χ1) is 9.88. The first-order valence-corrected chi connectivity index (χ1v) is 6.94. The lowest BCUT2D eigenvalue weighted by Gasteiger charge is -2.17. The summed E-state index contributed by atoms with van der Waals surface area (Å²) >= 11 is 0. The summed E-state index contributed by atoms with van der Waals surface area (Å²) in [5, 5.41) is 20.5. The largest absolute Gasteiger partial charge is 0.508 e. The van der Waals surface area contributed by atoms with Gasteiger partial charge in [0.25, 0.3) is 0 Å². The summed E-state index contributed by atoms with van der Waals surface area (Å²) in [7, 11) is 0. The molecule has 2 atom stereocenters. The van der Waals surface area contributed by atoms with Gasteiger partial charge in [0.1, 0.15) is 5.75 Å². The van der Waals surface area contributed by atoms with Gasteiger partial charge in [0, 0.05) is 12.5 Å². The quantitative estimate of drug-likeness (QED) is 0.572. The number of nitrogens with two attached hydrogens (primary N) is 1. The minimum absolute atomic E-state index is 0.0970. The number of carbonyl (C=O) groups excluding carboxylic acids is 1. The SMILES string of the molecule is CC(CCCC(=O)O)NC(=O)[C@@H](N)Cc1ccc(O)cc1. The van der Waals surface area contributed by atoms with E-state index in [1.165, 1.54) is 0 Å². The van der Waals surface area contributed by atoms with E-state index in [1.807, 2.05) is 6.92 Å². The Kier molecular flexibility index (Phi) is 6.68. The molecule has 0 aliphatic carbocycles. The van der Waals surface area contributed by atoms with Crippen LogP contribution in [0.3, 0.4) is 0 Å². The molecule has 0 heterocycles. The lowest BCUT2D eigenvalue weighted by atomic mass is 10.0. The van der Waals surface area contributed by atoms with Crippen LogP contribution in [0, 0.1) is 0 Å². The van der Waals surface area contributed by atoms with E-state index in [-0.39, 0.29) is 24.1 Å². The van der Waals surface area contributed by atoms with Gasteiger partial charge in [-0.25, -0.2) is 0 Å². The molecule has 0 aliphatic heterocycles. The smallest absolute Gasteiger partial charge is 0.303 e. The number of benzene rings is 1. The van der Waals surface area contributed by atoms with Gasteiger partial charge in [0.2, 0.25) is 5.91 Å². The number of rotatable bonds is 8. The van der Waals surface area contributed by atoms with Crippen molar-refractivity contribution in [2.24, 2.45) is 5.73 Å². The summed E-state index contributed by atoms with van der Waals surface area (Å²) in [6, 6.07) is 5.76. The van der Waals surface area contributed by atoms with Crippen molar-refractivity contribution in [3.63, 3.8) is 0 Å². The topological polar surface area (TPSA) is 113 Å². The molecule has 1 unspecified atom stereocenters. The van der Waals surface area contributed by atoms with Crippen molar-refractivity contribution in [1.82, 2.24) is 5.32 Å². The van der Waals surface area contributed by atoms with Gasteiger partial charge >= 0.3 is 5.97 Å². The van der Waals surface area contributed by atoms with Crippen LogP contribution in [0.1, 0.15) is 31.7 Å². The van der Waals surface area contributed by atoms with Crippen LogP contribution >= 0.6 is 0 Å². The van der Waals surface area contributed by atoms with Crippen molar-refractivity contribution in [3.05, 3.63) is 29.8 Å². The van der Waals surface area contributed by atoms with Crippen molar-refractivity contribution in [2.45, 2.75) is 44.7 Å². The predicted molar refractivity (Wildman–Crippen MR) is 78.9 cm³/mol. The lowest BCUT2D eigenvalue weighted by molar-refractivity contribution is -0.137. The first-order valence-electron chi connectivity index (χ1n) is 6.94. The van der Waals surface area contributed by atoms with Gasteiger partial charge in [0.05, 0.1) is 6.04 Å². The number of carboxylic acids is 1. The Morgan fingerprint density at radius 2 is 1.90 bits per heavy atom. The third kappa shape index (κ3) is 6.76. The fraction of sp³-hybridized carbons (Fsp3) is 0.467. The molecule has 0 saturated heterocycles. The normalized spacial score (nSPS) is 13.4. The molecule has 0 radical (unpaired) electrons. The Hall–Kier alpha value is -2.08. The summed E-state index contributed by atoms with van der Waals surface area (Å²) in [5.41, 5.74) is 6.71. The zero-order valence-corrected chi connectivity index (χ0v) is 12.1. The second-order valence-electron chi connectivity index (χ2n) is 5.17. The molecule has 1 aromatic carbocycles. The van der Waals surface area contributed by atoms with E-state index in [0.29, 0.717) is 19.3 Å². The third-order valence-electron chi connectivity index (χ3n) is 3.15. The first kappa shape index (κ1) is 17.0. The Morgan fingerprint density at radius 3 is 2.48 bits per heavy atom. The standard InChI is InChI=1S/C15H22N2O4/c1-10(3-2-4-14(19)20)17-15(21)13(16)9-11-5-7-12(18)8-6-11/h5-8,10,13,18H,2-4,9,16H2,1H3,(H,17,21)(H,19,20)/t10?,13-/m0/s1. The monoisotopic (exact) mass is 294 g/mol. The zero-order valence-electron chi connectivity index (χ0n) is 12.1. The molecular formula is C15H22N2O4. The van der Waals surface area contributed by atoms with Crippen LogP contribution < -0.4 is 11.1 Å². The van der Waals surface area contributed by atoms with Gasteiger partial charge in [-0.2, -0.15) is 0 Å². The number of aromatic hydroxyl groups is 1. The molecule has 6 nitrogen and oxygen atoms in total. The van der Waals surface area contributed by atoms with Crippen LogP contribution in [0.4, 0.5) is 0 Å². The van der Waals surface area contributed by atoms with E-state index in [1.54, 1.807) is 24.3 Å². The van der Waals surface area contributed by atoms with Crippen LogP contribution in [0.5, 0.6) is 5.75 Å².